The Morgan fingerprint density at radius 1 is 1.25 bits per heavy atom. The second-order valence-electron chi connectivity index (χ2n) is 4.99. The average molecular weight is 269 g/mol. The van der Waals surface area contributed by atoms with E-state index in [1.165, 1.54) is 0 Å². The number of fused-ring (bicyclic) bond motifs is 1. The monoisotopic (exact) mass is 269 g/mol. The number of likely N-dealkylation sites (N-methyl/N-ethyl adjacent to an activating group) is 1. The molecule has 0 aliphatic carbocycles. The summed E-state index contributed by atoms with van der Waals surface area (Å²) in [7, 11) is 0. The summed E-state index contributed by atoms with van der Waals surface area (Å²) >= 11 is 0. The van der Waals surface area contributed by atoms with Crippen LogP contribution in [0.15, 0.2) is 48.6 Å². The molecule has 0 radical (unpaired) electrons. The number of phenolic OH excluding ortho intramolecular Hbond substituents is 1. The van der Waals surface area contributed by atoms with Gasteiger partial charge in [0.15, 0.2) is 0 Å². The van der Waals surface area contributed by atoms with E-state index < -0.39 is 0 Å². The number of rotatable bonds is 4. The van der Waals surface area contributed by atoms with Crippen LogP contribution in [-0.2, 0) is 0 Å². The largest absolute Gasteiger partial charge is 0.507 e. The Labute approximate surface area is 119 Å². The maximum Gasteiger partial charge on any atom is 0.257 e. The first-order chi connectivity index (χ1) is 9.52. The number of aromatic hydroxyl groups is 1. The minimum atomic E-state index is -0.168. The minimum absolute atomic E-state index is 0.0221. The molecule has 3 heteroatoms. The SMILES string of the molecule is C=C(C)CN(CC)C(=O)c1cc2ccccc2cc1O. The van der Waals surface area contributed by atoms with Crippen LogP contribution < -0.4 is 0 Å². The van der Waals surface area contributed by atoms with Gasteiger partial charge in [-0.15, -0.1) is 0 Å². The van der Waals surface area contributed by atoms with Gasteiger partial charge in [-0.25, -0.2) is 0 Å². The molecule has 1 amide bonds. The van der Waals surface area contributed by atoms with E-state index in [-0.39, 0.29) is 11.7 Å². The van der Waals surface area contributed by atoms with Crippen LogP contribution in [0.5, 0.6) is 5.75 Å². The first-order valence-electron chi connectivity index (χ1n) is 6.68. The first kappa shape index (κ1) is 14.1. The molecule has 0 saturated heterocycles. The summed E-state index contributed by atoms with van der Waals surface area (Å²) in [5.74, 6) is -0.146. The zero-order valence-corrected chi connectivity index (χ0v) is 11.9. The molecule has 3 nitrogen and oxygen atoms in total. The molecule has 0 spiro atoms. The second-order valence-corrected chi connectivity index (χ2v) is 4.99. The number of carbonyl (C=O) groups is 1. The fourth-order valence-corrected chi connectivity index (χ4v) is 2.22. The van der Waals surface area contributed by atoms with Gasteiger partial charge >= 0.3 is 0 Å². The first-order valence-corrected chi connectivity index (χ1v) is 6.68. The molecule has 0 bridgehead atoms. The van der Waals surface area contributed by atoms with Gasteiger partial charge in [-0.05, 0) is 36.8 Å². The average Bonchev–Trinajstić information content (AvgIpc) is 2.43. The molecule has 0 fully saturated rings. The number of phenols is 1. The van der Waals surface area contributed by atoms with Crippen molar-refractivity contribution in [3.8, 4) is 5.75 Å². The standard InChI is InChI=1S/C17H19NO2/c1-4-18(11-12(2)3)17(20)15-9-13-7-5-6-8-14(13)10-16(15)19/h5-10,19H,2,4,11H2,1,3H3. The van der Waals surface area contributed by atoms with Crippen LogP contribution in [0.25, 0.3) is 10.8 Å². The molecular weight excluding hydrogens is 250 g/mol. The molecular formula is C17H19NO2. The van der Waals surface area contributed by atoms with Crippen LogP contribution >= 0.6 is 0 Å². The highest BCUT2D eigenvalue weighted by atomic mass is 16.3. The molecule has 0 heterocycles. The maximum atomic E-state index is 12.5. The molecule has 0 unspecified atom stereocenters. The summed E-state index contributed by atoms with van der Waals surface area (Å²) in [6, 6.07) is 11.0. The highest BCUT2D eigenvalue weighted by molar-refractivity contribution is 6.01. The van der Waals surface area contributed by atoms with Crippen molar-refractivity contribution >= 4 is 16.7 Å². The van der Waals surface area contributed by atoms with E-state index in [9.17, 15) is 9.90 Å². The van der Waals surface area contributed by atoms with Gasteiger partial charge in [0, 0.05) is 13.1 Å². The summed E-state index contributed by atoms with van der Waals surface area (Å²) in [4.78, 5) is 14.2. The number of benzene rings is 2. The Kier molecular flexibility index (Phi) is 4.08. The Balaban J connectivity index is 2.43. The van der Waals surface area contributed by atoms with Crippen LogP contribution in [0.4, 0.5) is 0 Å². The van der Waals surface area contributed by atoms with E-state index in [4.69, 9.17) is 0 Å². The lowest BCUT2D eigenvalue weighted by Gasteiger charge is -2.21. The Morgan fingerprint density at radius 3 is 2.40 bits per heavy atom. The van der Waals surface area contributed by atoms with Gasteiger partial charge < -0.3 is 10.0 Å². The van der Waals surface area contributed by atoms with Crippen molar-refractivity contribution < 1.29 is 9.90 Å². The molecule has 2 rings (SSSR count). The summed E-state index contributed by atoms with van der Waals surface area (Å²) in [6.07, 6.45) is 0. The lowest BCUT2D eigenvalue weighted by Crippen LogP contribution is -2.32. The number of hydrogen-bond acceptors (Lipinski definition) is 2. The topological polar surface area (TPSA) is 40.5 Å². The van der Waals surface area contributed by atoms with Gasteiger partial charge in [0.2, 0.25) is 0 Å². The zero-order valence-electron chi connectivity index (χ0n) is 11.9. The normalized spacial score (nSPS) is 10.5. The van der Waals surface area contributed by atoms with Gasteiger partial charge in [0.05, 0.1) is 5.56 Å². The summed E-state index contributed by atoms with van der Waals surface area (Å²) in [6.45, 7) is 8.72. The van der Waals surface area contributed by atoms with Crippen LogP contribution in [-0.4, -0.2) is 29.0 Å². The van der Waals surface area contributed by atoms with Gasteiger partial charge in [-0.1, -0.05) is 36.4 Å². The van der Waals surface area contributed by atoms with E-state index in [1.54, 1.807) is 17.0 Å². The van der Waals surface area contributed by atoms with E-state index in [1.807, 2.05) is 38.1 Å². The molecule has 0 aromatic heterocycles. The van der Waals surface area contributed by atoms with Crippen molar-refractivity contribution in [2.75, 3.05) is 13.1 Å². The lowest BCUT2D eigenvalue weighted by molar-refractivity contribution is 0.0775. The highest BCUT2D eigenvalue weighted by Crippen LogP contribution is 2.26. The van der Waals surface area contributed by atoms with Gasteiger partial charge in [0.1, 0.15) is 5.75 Å². The summed E-state index contributed by atoms with van der Waals surface area (Å²) < 4.78 is 0. The Bertz CT molecular complexity index is 661. The van der Waals surface area contributed by atoms with Crippen molar-refractivity contribution in [2.24, 2.45) is 0 Å². The maximum absolute atomic E-state index is 12.5. The third-order valence-electron chi connectivity index (χ3n) is 3.22. The van der Waals surface area contributed by atoms with E-state index in [0.717, 1.165) is 16.3 Å². The quantitative estimate of drug-likeness (QED) is 0.862. The molecule has 0 aliphatic heterocycles. The van der Waals surface area contributed by atoms with Gasteiger partial charge in [0.25, 0.3) is 5.91 Å². The van der Waals surface area contributed by atoms with Crippen molar-refractivity contribution in [3.63, 3.8) is 0 Å². The zero-order chi connectivity index (χ0) is 14.7. The lowest BCUT2D eigenvalue weighted by atomic mass is 10.0. The number of amides is 1. The fourth-order valence-electron chi connectivity index (χ4n) is 2.22. The number of hydrogen-bond donors (Lipinski definition) is 1. The minimum Gasteiger partial charge on any atom is -0.507 e. The van der Waals surface area contributed by atoms with Crippen molar-refractivity contribution in [1.82, 2.24) is 4.90 Å². The molecule has 0 aliphatic rings. The molecule has 20 heavy (non-hydrogen) atoms. The molecule has 0 atom stereocenters. The Hall–Kier alpha value is -2.29. The molecule has 2 aromatic rings. The van der Waals surface area contributed by atoms with Gasteiger partial charge in [-0.3, -0.25) is 4.79 Å². The van der Waals surface area contributed by atoms with E-state index in [0.29, 0.717) is 18.7 Å². The summed E-state index contributed by atoms with van der Waals surface area (Å²) in [5, 5.41) is 12.0. The van der Waals surface area contributed by atoms with E-state index >= 15 is 0 Å². The van der Waals surface area contributed by atoms with Crippen molar-refractivity contribution in [1.29, 1.82) is 0 Å². The molecule has 0 saturated carbocycles. The smallest absolute Gasteiger partial charge is 0.257 e. The van der Waals surface area contributed by atoms with Crippen LogP contribution in [0, 0.1) is 0 Å². The summed E-state index contributed by atoms with van der Waals surface area (Å²) in [5.41, 5.74) is 1.26. The van der Waals surface area contributed by atoms with Crippen molar-refractivity contribution in [3.05, 3.63) is 54.1 Å². The predicted molar refractivity (Wildman–Crippen MR) is 82.0 cm³/mol. The van der Waals surface area contributed by atoms with Gasteiger partial charge in [-0.2, -0.15) is 0 Å². The second kappa shape index (κ2) is 5.78. The molecule has 2 aromatic carbocycles. The van der Waals surface area contributed by atoms with Crippen molar-refractivity contribution in [2.45, 2.75) is 13.8 Å². The van der Waals surface area contributed by atoms with E-state index in [2.05, 4.69) is 6.58 Å². The Morgan fingerprint density at radius 2 is 1.85 bits per heavy atom. The predicted octanol–water partition coefficient (Wildman–Crippen LogP) is 3.58. The van der Waals surface area contributed by atoms with Crippen LogP contribution in [0.1, 0.15) is 24.2 Å². The van der Waals surface area contributed by atoms with Crippen LogP contribution in [0.2, 0.25) is 0 Å². The fraction of sp³-hybridized carbons (Fsp3) is 0.235. The van der Waals surface area contributed by atoms with Crippen LogP contribution in [0.3, 0.4) is 0 Å². The molecule has 1 N–H and O–H groups in total. The number of nitrogens with zero attached hydrogens (tertiary/aromatic N) is 1. The third kappa shape index (κ3) is 2.82. The molecule has 104 valence electrons. The number of carbonyl (C=O) groups excluding carboxylic acids is 1. The highest BCUT2D eigenvalue weighted by Gasteiger charge is 2.18. The third-order valence-corrected chi connectivity index (χ3v) is 3.22.